The summed E-state index contributed by atoms with van der Waals surface area (Å²) in [5, 5.41) is 3.05. The SMILES string of the molecule is CCN(CC)c1ccc(CCC(=O)NC(C)c2ccccc2)cc1N. The third-order valence-electron chi connectivity index (χ3n) is 4.51. The van der Waals surface area contributed by atoms with E-state index in [2.05, 4.69) is 36.2 Å². The molecule has 0 aliphatic rings. The third-order valence-corrected chi connectivity index (χ3v) is 4.51. The molecule has 0 spiro atoms. The molecule has 0 aromatic heterocycles. The Labute approximate surface area is 151 Å². The van der Waals surface area contributed by atoms with Gasteiger partial charge in [-0.25, -0.2) is 0 Å². The highest BCUT2D eigenvalue weighted by molar-refractivity contribution is 5.77. The summed E-state index contributed by atoms with van der Waals surface area (Å²) in [6, 6.07) is 16.1. The summed E-state index contributed by atoms with van der Waals surface area (Å²) in [6.07, 6.45) is 1.15. The standard InChI is InChI=1S/C21H29N3O/c1-4-24(5-2)20-13-11-17(15-19(20)22)12-14-21(25)23-16(3)18-9-7-6-8-10-18/h6-11,13,15-16H,4-5,12,14,22H2,1-3H3,(H,23,25). The van der Waals surface area contributed by atoms with Crippen LogP contribution in [-0.2, 0) is 11.2 Å². The zero-order chi connectivity index (χ0) is 18.2. The van der Waals surface area contributed by atoms with Crippen molar-refractivity contribution < 1.29 is 4.79 Å². The van der Waals surface area contributed by atoms with Crippen molar-refractivity contribution in [1.29, 1.82) is 0 Å². The topological polar surface area (TPSA) is 58.4 Å². The second-order valence-electron chi connectivity index (χ2n) is 6.27. The molecule has 0 fully saturated rings. The van der Waals surface area contributed by atoms with Gasteiger partial charge in [0.25, 0.3) is 0 Å². The minimum atomic E-state index is 0.0174. The minimum absolute atomic E-state index is 0.0174. The van der Waals surface area contributed by atoms with Crippen molar-refractivity contribution >= 4 is 17.3 Å². The minimum Gasteiger partial charge on any atom is -0.397 e. The summed E-state index contributed by atoms with van der Waals surface area (Å²) < 4.78 is 0. The third kappa shape index (κ3) is 5.24. The van der Waals surface area contributed by atoms with Gasteiger partial charge in [0.15, 0.2) is 0 Å². The second kappa shape index (κ2) is 9.11. The highest BCUT2D eigenvalue weighted by Gasteiger charge is 2.11. The molecule has 0 radical (unpaired) electrons. The number of hydrogen-bond acceptors (Lipinski definition) is 3. The average molecular weight is 339 g/mol. The molecule has 1 atom stereocenters. The van der Waals surface area contributed by atoms with Gasteiger partial charge in [0.05, 0.1) is 17.4 Å². The van der Waals surface area contributed by atoms with Gasteiger partial charge in [0, 0.05) is 19.5 Å². The van der Waals surface area contributed by atoms with Gasteiger partial charge in [0.1, 0.15) is 0 Å². The van der Waals surface area contributed by atoms with Crippen LogP contribution in [0.3, 0.4) is 0 Å². The van der Waals surface area contributed by atoms with Gasteiger partial charge >= 0.3 is 0 Å². The van der Waals surface area contributed by atoms with Gasteiger partial charge in [-0.1, -0.05) is 36.4 Å². The number of aryl methyl sites for hydroxylation is 1. The molecule has 4 heteroatoms. The van der Waals surface area contributed by atoms with Crippen LogP contribution in [0.15, 0.2) is 48.5 Å². The second-order valence-corrected chi connectivity index (χ2v) is 6.27. The lowest BCUT2D eigenvalue weighted by Gasteiger charge is -2.23. The Kier molecular flexibility index (Phi) is 6.87. The molecule has 4 nitrogen and oxygen atoms in total. The van der Waals surface area contributed by atoms with Crippen molar-refractivity contribution in [2.75, 3.05) is 23.7 Å². The summed E-state index contributed by atoms with van der Waals surface area (Å²) in [7, 11) is 0. The maximum absolute atomic E-state index is 12.2. The molecule has 0 aliphatic heterocycles. The normalized spacial score (nSPS) is 11.8. The van der Waals surface area contributed by atoms with Crippen LogP contribution in [0, 0.1) is 0 Å². The Morgan fingerprint density at radius 3 is 2.40 bits per heavy atom. The summed E-state index contributed by atoms with van der Waals surface area (Å²) in [4.78, 5) is 14.4. The number of carbonyl (C=O) groups excluding carboxylic acids is 1. The molecule has 134 valence electrons. The van der Waals surface area contributed by atoms with E-state index in [0.29, 0.717) is 12.8 Å². The highest BCUT2D eigenvalue weighted by Crippen LogP contribution is 2.24. The Bertz CT molecular complexity index is 681. The number of rotatable bonds is 8. The molecule has 2 rings (SSSR count). The van der Waals surface area contributed by atoms with E-state index in [1.54, 1.807) is 0 Å². The van der Waals surface area contributed by atoms with Crippen LogP contribution in [0.2, 0.25) is 0 Å². The van der Waals surface area contributed by atoms with Gasteiger partial charge in [-0.15, -0.1) is 0 Å². The molecule has 2 aromatic carbocycles. The number of nitrogens with one attached hydrogen (secondary N) is 1. The summed E-state index contributed by atoms with van der Waals surface area (Å²) in [5.41, 5.74) is 10.2. The fourth-order valence-electron chi connectivity index (χ4n) is 3.01. The first-order chi connectivity index (χ1) is 12.0. The van der Waals surface area contributed by atoms with Crippen molar-refractivity contribution in [3.63, 3.8) is 0 Å². The van der Waals surface area contributed by atoms with Crippen LogP contribution >= 0.6 is 0 Å². The highest BCUT2D eigenvalue weighted by atomic mass is 16.1. The van der Waals surface area contributed by atoms with Crippen molar-refractivity contribution in [3.8, 4) is 0 Å². The molecular formula is C21H29N3O. The summed E-state index contributed by atoms with van der Waals surface area (Å²) in [5.74, 6) is 0.0581. The summed E-state index contributed by atoms with van der Waals surface area (Å²) in [6.45, 7) is 8.11. The van der Waals surface area contributed by atoms with Gasteiger partial charge in [0.2, 0.25) is 5.91 Å². The van der Waals surface area contributed by atoms with Crippen molar-refractivity contribution in [1.82, 2.24) is 5.32 Å². The first kappa shape index (κ1) is 18.8. The van der Waals surface area contributed by atoms with Crippen molar-refractivity contribution in [2.45, 2.75) is 39.7 Å². The van der Waals surface area contributed by atoms with Crippen LogP contribution in [0.5, 0.6) is 0 Å². The molecule has 0 saturated carbocycles. The predicted octanol–water partition coefficient (Wildman–Crippen LogP) is 3.93. The van der Waals surface area contributed by atoms with E-state index >= 15 is 0 Å². The van der Waals surface area contributed by atoms with Crippen molar-refractivity contribution in [2.24, 2.45) is 0 Å². The van der Waals surface area contributed by atoms with E-state index in [1.165, 1.54) is 0 Å². The molecule has 25 heavy (non-hydrogen) atoms. The van der Waals surface area contributed by atoms with Crippen LogP contribution in [-0.4, -0.2) is 19.0 Å². The van der Waals surface area contributed by atoms with Crippen LogP contribution in [0.4, 0.5) is 11.4 Å². The molecule has 1 unspecified atom stereocenters. The van der Waals surface area contributed by atoms with E-state index in [-0.39, 0.29) is 11.9 Å². The van der Waals surface area contributed by atoms with E-state index in [1.807, 2.05) is 43.3 Å². The molecule has 0 saturated heterocycles. The fourth-order valence-corrected chi connectivity index (χ4v) is 3.01. The van der Waals surface area contributed by atoms with Crippen molar-refractivity contribution in [3.05, 3.63) is 59.7 Å². The molecule has 3 N–H and O–H groups in total. The number of nitrogens with zero attached hydrogens (tertiary/aromatic N) is 1. The molecular weight excluding hydrogens is 310 g/mol. The lowest BCUT2D eigenvalue weighted by molar-refractivity contribution is -0.121. The number of hydrogen-bond donors (Lipinski definition) is 2. The maximum atomic E-state index is 12.2. The number of carbonyl (C=O) groups is 1. The zero-order valence-corrected chi connectivity index (χ0v) is 15.5. The van der Waals surface area contributed by atoms with Crippen LogP contribution in [0.25, 0.3) is 0 Å². The number of nitrogen functional groups attached to an aromatic ring is 1. The first-order valence-electron chi connectivity index (χ1n) is 9.02. The lowest BCUT2D eigenvalue weighted by Crippen LogP contribution is -2.26. The Balaban J connectivity index is 1.90. The lowest BCUT2D eigenvalue weighted by atomic mass is 10.1. The zero-order valence-electron chi connectivity index (χ0n) is 15.5. The smallest absolute Gasteiger partial charge is 0.220 e. The average Bonchev–Trinajstić information content (AvgIpc) is 2.63. The number of benzene rings is 2. The Morgan fingerprint density at radius 2 is 1.80 bits per heavy atom. The molecule has 0 heterocycles. The molecule has 1 amide bonds. The predicted molar refractivity (Wildman–Crippen MR) is 106 cm³/mol. The van der Waals surface area contributed by atoms with E-state index in [0.717, 1.165) is 35.6 Å². The van der Waals surface area contributed by atoms with Crippen LogP contribution in [0.1, 0.15) is 44.4 Å². The largest absolute Gasteiger partial charge is 0.397 e. The Hall–Kier alpha value is -2.49. The van der Waals surface area contributed by atoms with E-state index in [4.69, 9.17) is 5.73 Å². The molecule has 2 aromatic rings. The van der Waals surface area contributed by atoms with Gasteiger partial charge in [-0.05, 0) is 50.5 Å². The van der Waals surface area contributed by atoms with Gasteiger partial charge in [-0.3, -0.25) is 4.79 Å². The van der Waals surface area contributed by atoms with Crippen LogP contribution < -0.4 is 16.0 Å². The number of amides is 1. The van der Waals surface area contributed by atoms with Gasteiger partial charge in [-0.2, -0.15) is 0 Å². The maximum Gasteiger partial charge on any atom is 0.220 e. The Morgan fingerprint density at radius 1 is 1.12 bits per heavy atom. The molecule has 0 bridgehead atoms. The van der Waals surface area contributed by atoms with E-state index < -0.39 is 0 Å². The van der Waals surface area contributed by atoms with Gasteiger partial charge < -0.3 is 16.0 Å². The molecule has 0 aliphatic carbocycles. The first-order valence-corrected chi connectivity index (χ1v) is 9.02. The number of nitrogens with two attached hydrogens (primary N) is 1. The monoisotopic (exact) mass is 339 g/mol. The number of anilines is 2. The summed E-state index contributed by atoms with van der Waals surface area (Å²) >= 11 is 0. The fraction of sp³-hybridized carbons (Fsp3) is 0.381. The quantitative estimate of drug-likeness (QED) is 0.717. The van der Waals surface area contributed by atoms with E-state index in [9.17, 15) is 4.79 Å².